The summed E-state index contributed by atoms with van der Waals surface area (Å²) in [5.74, 6) is 0. The highest BCUT2D eigenvalue weighted by atomic mass is 16.4. The summed E-state index contributed by atoms with van der Waals surface area (Å²) in [6.45, 7) is 13.9. The van der Waals surface area contributed by atoms with Gasteiger partial charge in [0.25, 0.3) is 0 Å². The zero-order valence-corrected chi connectivity index (χ0v) is 28.4. The second kappa shape index (κ2) is 9.69. The molecule has 0 fully saturated rings. The van der Waals surface area contributed by atoms with Gasteiger partial charge in [-0.1, -0.05) is 133 Å². The lowest BCUT2D eigenvalue weighted by Gasteiger charge is -2.24. The number of rotatable bonds is 3. The van der Waals surface area contributed by atoms with E-state index in [1.54, 1.807) is 0 Å². The van der Waals surface area contributed by atoms with Crippen molar-refractivity contribution in [3.05, 3.63) is 149 Å². The molecule has 0 saturated heterocycles. The van der Waals surface area contributed by atoms with E-state index >= 15 is 0 Å². The van der Waals surface area contributed by atoms with Gasteiger partial charge in [0.1, 0.15) is 0 Å². The van der Waals surface area contributed by atoms with Gasteiger partial charge in [0, 0.05) is 16.2 Å². The quantitative estimate of drug-likeness (QED) is 0.193. The molecule has 3 heteroatoms. The van der Waals surface area contributed by atoms with Crippen molar-refractivity contribution in [2.45, 2.75) is 57.8 Å². The summed E-state index contributed by atoms with van der Waals surface area (Å²) >= 11 is 0. The standard InChI is InChI=1S/C45H39BO2/c1-43(2)37-10-8-7-9-31(37)32-16-11-26(21-38(32)43)27-12-17-33-34-18-13-28(23-40(34)44(3,4)39(33)22-27)29-14-19-35-36-20-15-30(46(47)48)25-42(36)45(5,6)41(35)24-29/h7-25,47-48H,1-6H3. The van der Waals surface area contributed by atoms with Gasteiger partial charge in [0.2, 0.25) is 0 Å². The Morgan fingerprint density at radius 3 is 1.06 bits per heavy atom. The fourth-order valence-corrected chi connectivity index (χ4v) is 9.08. The van der Waals surface area contributed by atoms with Crippen LogP contribution in [0.2, 0.25) is 0 Å². The van der Waals surface area contributed by atoms with Gasteiger partial charge in [-0.25, -0.2) is 0 Å². The third kappa shape index (κ3) is 3.89. The predicted molar refractivity (Wildman–Crippen MR) is 200 cm³/mol. The van der Waals surface area contributed by atoms with Gasteiger partial charge in [-0.3, -0.25) is 0 Å². The lowest BCUT2D eigenvalue weighted by atomic mass is 9.75. The van der Waals surface area contributed by atoms with Crippen LogP contribution in [-0.2, 0) is 16.2 Å². The van der Waals surface area contributed by atoms with Gasteiger partial charge in [-0.2, -0.15) is 0 Å². The summed E-state index contributed by atoms with van der Waals surface area (Å²) < 4.78 is 0. The maximum atomic E-state index is 9.83. The monoisotopic (exact) mass is 622 g/mol. The molecule has 0 bridgehead atoms. The zero-order valence-electron chi connectivity index (χ0n) is 28.4. The fourth-order valence-electron chi connectivity index (χ4n) is 9.08. The molecule has 0 aromatic heterocycles. The van der Waals surface area contributed by atoms with E-state index in [1.807, 2.05) is 18.2 Å². The van der Waals surface area contributed by atoms with Gasteiger partial charge in [0.15, 0.2) is 0 Å². The topological polar surface area (TPSA) is 40.5 Å². The molecular weight excluding hydrogens is 583 g/mol. The van der Waals surface area contributed by atoms with Crippen LogP contribution in [-0.4, -0.2) is 17.2 Å². The van der Waals surface area contributed by atoms with Crippen molar-refractivity contribution in [2.24, 2.45) is 0 Å². The van der Waals surface area contributed by atoms with Crippen LogP contribution in [0.5, 0.6) is 0 Å². The first-order valence-corrected chi connectivity index (χ1v) is 17.1. The molecule has 3 aliphatic rings. The van der Waals surface area contributed by atoms with Crippen molar-refractivity contribution < 1.29 is 10.0 Å². The summed E-state index contributed by atoms with van der Waals surface area (Å²) in [5, 5.41) is 19.7. The van der Waals surface area contributed by atoms with E-state index in [0.717, 1.165) is 5.56 Å². The molecule has 0 spiro atoms. The predicted octanol–water partition coefficient (Wildman–Crippen LogP) is 9.62. The second-order valence-electron chi connectivity index (χ2n) is 15.6. The Morgan fingerprint density at radius 1 is 0.354 bits per heavy atom. The summed E-state index contributed by atoms with van der Waals surface area (Å²) in [7, 11) is -1.47. The van der Waals surface area contributed by atoms with Crippen LogP contribution in [0, 0.1) is 0 Å². The minimum Gasteiger partial charge on any atom is -0.423 e. The minimum atomic E-state index is -1.47. The van der Waals surface area contributed by atoms with Crippen LogP contribution >= 0.6 is 0 Å². The maximum Gasteiger partial charge on any atom is 0.488 e. The fraction of sp³-hybridized carbons (Fsp3) is 0.200. The lowest BCUT2D eigenvalue weighted by Crippen LogP contribution is -2.31. The molecule has 0 unspecified atom stereocenters. The van der Waals surface area contributed by atoms with E-state index in [4.69, 9.17) is 0 Å². The number of benzene rings is 6. The number of hydrogen-bond acceptors (Lipinski definition) is 2. The zero-order chi connectivity index (χ0) is 33.3. The van der Waals surface area contributed by atoms with Gasteiger partial charge in [-0.15, -0.1) is 0 Å². The highest BCUT2D eigenvalue weighted by Crippen LogP contribution is 2.53. The molecule has 234 valence electrons. The normalized spacial score (nSPS) is 16.4. The molecule has 9 rings (SSSR count). The largest absolute Gasteiger partial charge is 0.488 e. The Bertz CT molecular complexity index is 2360. The number of fused-ring (bicyclic) bond motifs is 9. The second-order valence-corrected chi connectivity index (χ2v) is 15.6. The van der Waals surface area contributed by atoms with Crippen molar-refractivity contribution in [1.29, 1.82) is 0 Å². The Kier molecular flexibility index (Phi) is 5.94. The minimum absolute atomic E-state index is 0.0228. The third-order valence-electron chi connectivity index (χ3n) is 11.9. The smallest absolute Gasteiger partial charge is 0.423 e. The molecule has 0 radical (unpaired) electrons. The van der Waals surface area contributed by atoms with E-state index < -0.39 is 7.12 Å². The molecule has 3 aliphatic carbocycles. The molecule has 0 aliphatic heterocycles. The molecule has 0 atom stereocenters. The first-order chi connectivity index (χ1) is 22.9. The van der Waals surface area contributed by atoms with E-state index in [0.29, 0.717) is 5.46 Å². The van der Waals surface area contributed by atoms with Crippen molar-refractivity contribution in [3.63, 3.8) is 0 Å². The van der Waals surface area contributed by atoms with Gasteiger partial charge in [0.05, 0.1) is 0 Å². The Labute approximate surface area is 283 Å². The van der Waals surface area contributed by atoms with Crippen LogP contribution in [0.3, 0.4) is 0 Å². The van der Waals surface area contributed by atoms with E-state index in [2.05, 4.69) is 139 Å². The van der Waals surface area contributed by atoms with E-state index in [9.17, 15) is 10.0 Å². The number of hydrogen-bond donors (Lipinski definition) is 2. The van der Waals surface area contributed by atoms with Crippen molar-refractivity contribution in [2.75, 3.05) is 0 Å². The third-order valence-corrected chi connectivity index (χ3v) is 11.9. The molecule has 6 aromatic carbocycles. The van der Waals surface area contributed by atoms with Gasteiger partial charge < -0.3 is 10.0 Å². The van der Waals surface area contributed by atoms with Gasteiger partial charge >= 0.3 is 7.12 Å². The van der Waals surface area contributed by atoms with Crippen LogP contribution in [0.4, 0.5) is 0 Å². The summed E-state index contributed by atoms with van der Waals surface area (Å²) in [5.41, 5.74) is 20.8. The molecule has 2 N–H and O–H groups in total. The SMILES string of the molecule is CC1(C)c2ccccc2-c2ccc(-c3ccc4c(c3)C(C)(C)c3cc(-c5ccc6c(c5)C(C)(C)c5cc(B(O)O)ccc5-6)ccc3-4)cc21. The summed E-state index contributed by atoms with van der Waals surface area (Å²) in [6, 6.07) is 42.6. The Morgan fingerprint density at radius 2 is 0.667 bits per heavy atom. The average molecular weight is 623 g/mol. The molecule has 6 aromatic rings. The van der Waals surface area contributed by atoms with Crippen LogP contribution < -0.4 is 5.46 Å². The first kappa shape index (κ1) is 29.4. The highest BCUT2D eigenvalue weighted by molar-refractivity contribution is 6.58. The first-order valence-electron chi connectivity index (χ1n) is 17.1. The molecule has 2 nitrogen and oxygen atoms in total. The average Bonchev–Trinajstić information content (AvgIpc) is 3.56. The van der Waals surface area contributed by atoms with Crippen LogP contribution in [0.15, 0.2) is 115 Å². The molecular formula is C45H39BO2. The Balaban J connectivity index is 1.08. The molecule has 0 saturated carbocycles. The van der Waals surface area contributed by atoms with Crippen molar-refractivity contribution in [3.8, 4) is 55.6 Å². The highest BCUT2D eigenvalue weighted by Gasteiger charge is 2.39. The van der Waals surface area contributed by atoms with Gasteiger partial charge in [-0.05, 0) is 119 Å². The van der Waals surface area contributed by atoms with Crippen LogP contribution in [0.25, 0.3) is 55.6 Å². The van der Waals surface area contributed by atoms with Crippen LogP contribution in [0.1, 0.15) is 74.9 Å². The Hall–Kier alpha value is -4.70. The van der Waals surface area contributed by atoms with Crippen molar-refractivity contribution >= 4 is 12.6 Å². The summed E-state index contributed by atoms with van der Waals surface area (Å²) in [4.78, 5) is 0. The lowest BCUT2D eigenvalue weighted by molar-refractivity contribution is 0.425. The molecule has 0 heterocycles. The molecule has 0 amide bonds. The van der Waals surface area contributed by atoms with E-state index in [-0.39, 0.29) is 16.2 Å². The maximum absolute atomic E-state index is 9.83. The van der Waals surface area contributed by atoms with E-state index in [1.165, 1.54) is 83.5 Å². The molecule has 48 heavy (non-hydrogen) atoms. The van der Waals surface area contributed by atoms with Crippen molar-refractivity contribution in [1.82, 2.24) is 0 Å². The summed E-state index contributed by atoms with van der Waals surface area (Å²) in [6.07, 6.45) is 0.